The first-order valence-corrected chi connectivity index (χ1v) is 8.17. The first-order valence-electron chi connectivity index (χ1n) is 7.18. The van der Waals surface area contributed by atoms with Crippen molar-refractivity contribution in [1.82, 2.24) is 5.32 Å². The summed E-state index contributed by atoms with van der Waals surface area (Å²) in [7, 11) is 0. The molecule has 2 heteroatoms. The Morgan fingerprint density at radius 2 is 1.94 bits per heavy atom. The number of hydrogen-bond acceptors (Lipinski definition) is 2. The van der Waals surface area contributed by atoms with Crippen LogP contribution in [0.1, 0.15) is 33.1 Å². The molecular weight excluding hydrogens is 238 g/mol. The van der Waals surface area contributed by atoms with Crippen LogP contribution in [0.25, 0.3) is 0 Å². The summed E-state index contributed by atoms with van der Waals surface area (Å²) in [5, 5.41) is 3.75. The van der Waals surface area contributed by atoms with E-state index in [-0.39, 0.29) is 0 Å². The molecule has 0 spiro atoms. The zero-order chi connectivity index (χ0) is 12.8. The highest BCUT2D eigenvalue weighted by Gasteiger charge is 2.26. The molecule has 0 aliphatic heterocycles. The van der Waals surface area contributed by atoms with Crippen LogP contribution < -0.4 is 5.32 Å². The Hall–Kier alpha value is -0.470. The summed E-state index contributed by atoms with van der Waals surface area (Å²) in [5.41, 5.74) is 0. The van der Waals surface area contributed by atoms with Gasteiger partial charge in [-0.1, -0.05) is 44.9 Å². The van der Waals surface area contributed by atoms with E-state index in [1.807, 2.05) is 11.8 Å². The van der Waals surface area contributed by atoms with Crippen molar-refractivity contribution in [2.75, 3.05) is 12.3 Å². The smallest absolute Gasteiger partial charge is 0.0106 e. The summed E-state index contributed by atoms with van der Waals surface area (Å²) < 4.78 is 0. The molecule has 3 atom stereocenters. The molecule has 2 rings (SSSR count). The number of thioether (sulfide) groups is 1. The molecule has 1 fully saturated rings. The zero-order valence-electron chi connectivity index (χ0n) is 11.6. The van der Waals surface area contributed by atoms with Gasteiger partial charge in [-0.2, -0.15) is 0 Å². The fourth-order valence-corrected chi connectivity index (χ4v) is 3.61. The van der Waals surface area contributed by atoms with Crippen molar-refractivity contribution in [3.63, 3.8) is 0 Å². The van der Waals surface area contributed by atoms with Gasteiger partial charge in [0, 0.05) is 23.2 Å². The maximum absolute atomic E-state index is 3.75. The summed E-state index contributed by atoms with van der Waals surface area (Å²) in [6, 6.07) is 11.4. The van der Waals surface area contributed by atoms with Gasteiger partial charge in [0.1, 0.15) is 0 Å². The summed E-state index contributed by atoms with van der Waals surface area (Å²) in [6.07, 6.45) is 4.18. The lowest BCUT2D eigenvalue weighted by Crippen LogP contribution is -2.41. The summed E-state index contributed by atoms with van der Waals surface area (Å²) in [6.45, 7) is 5.93. The van der Waals surface area contributed by atoms with Gasteiger partial charge in [0.25, 0.3) is 0 Å². The van der Waals surface area contributed by atoms with Gasteiger partial charge in [0.2, 0.25) is 0 Å². The van der Waals surface area contributed by atoms with Gasteiger partial charge < -0.3 is 5.32 Å². The Morgan fingerprint density at radius 3 is 2.72 bits per heavy atom. The molecule has 0 heterocycles. The molecular formula is C16H25NS. The molecule has 0 aromatic heterocycles. The van der Waals surface area contributed by atoms with E-state index < -0.39 is 0 Å². The van der Waals surface area contributed by atoms with Crippen LogP contribution in [-0.2, 0) is 0 Å². The largest absolute Gasteiger partial charge is 0.313 e. The van der Waals surface area contributed by atoms with E-state index in [4.69, 9.17) is 0 Å². The third kappa shape index (κ3) is 4.03. The minimum Gasteiger partial charge on any atom is -0.313 e. The molecule has 1 saturated carbocycles. The Balaban J connectivity index is 1.66. The van der Waals surface area contributed by atoms with Crippen LogP contribution >= 0.6 is 11.8 Å². The third-order valence-corrected chi connectivity index (χ3v) is 5.24. The monoisotopic (exact) mass is 263 g/mol. The Bertz CT molecular complexity index is 338. The number of nitrogens with one attached hydrogen (secondary N) is 1. The lowest BCUT2D eigenvalue weighted by molar-refractivity contribution is 0.210. The highest BCUT2D eigenvalue weighted by atomic mass is 32.2. The van der Waals surface area contributed by atoms with Gasteiger partial charge >= 0.3 is 0 Å². The molecule has 0 radical (unpaired) electrons. The Labute approximate surface area is 116 Å². The molecule has 0 amide bonds. The van der Waals surface area contributed by atoms with Crippen LogP contribution in [0.3, 0.4) is 0 Å². The topological polar surface area (TPSA) is 12.0 Å². The maximum Gasteiger partial charge on any atom is 0.0106 e. The van der Waals surface area contributed by atoms with E-state index in [2.05, 4.69) is 49.5 Å². The van der Waals surface area contributed by atoms with Gasteiger partial charge in [0.15, 0.2) is 0 Å². The first-order chi connectivity index (χ1) is 8.77. The van der Waals surface area contributed by atoms with Gasteiger partial charge in [-0.3, -0.25) is 0 Å². The van der Waals surface area contributed by atoms with E-state index >= 15 is 0 Å². The predicted octanol–water partition coefficient (Wildman–Crippen LogP) is 4.19. The average Bonchev–Trinajstić information content (AvgIpc) is 2.40. The Morgan fingerprint density at radius 1 is 1.17 bits per heavy atom. The summed E-state index contributed by atoms with van der Waals surface area (Å²) >= 11 is 1.95. The van der Waals surface area contributed by atoms with Gasteiger partial charge in [-0.05, 0) is 30.4 Å². The fraction of sp³-hybridized carbons (Fsp3) is 0.625. The standard InChI is InChI=1S/C16H25NS/c1-13-7-6-10-16(14(13)2)17-11-12-18-15-8-4-3-5-9-15/h3-5,8-9,13-14,16-17H,6-7,10-12H2,1-2H3. The van der Waals surface area contributed by atoms with Gasteiger partial charge in [-0.25, -0.2) is 0 Å². The molecule has 0 bridgehead atoms. The molecule has 0 saturated heterocycles. The normalized spacial score (nSPS) is 28.2. The SMILES string of the molecule is CC1CCCC(NCCSc2ccccc2)C1C. The second-order valence-corrected chi connectivity index (χ2v) is 6.66. The van der Waals surface area contributed by atoms with Crippen molar-refractivity contribution in [3.05, 3.63) is 30.3 Å². The second kappa shape index (κ2) is 7.20. The fourth-order valence-electron chi connectivity index (χ4n) is 2.80. The van der Waals surface area contributed by atoms with E-state index in [9.17, 15) is 0 Å². The number of benzene rings is 1. The quantitative estimate of drug-likeness (QED) is 0.631. The molecule has 1 nitrogen and oxygen atoms in total. The lowest BCUT2D eigenvalue weighted by Gasteiger charge is -2.34. The molecule has 1 aromatic carbocycles. The van der Waals surface area contributed by atoms with Crippen LogP contribution in [-0.4, -0.2) is 18.3 Å². The van der Waals surface area contributed by atoms with Crippen molar-refractivity contribution in [1.29, 1.82) is 0 Å². The van der Waals surface area contributed by atoms with Gasteiger partial charge in [-0.15, -0.1) is 11.8 Å². The van der Waals surface area contributed by atoms with Crippen LogP contribution in [0.2, 0.25) is 0 Å². The molecule has 18 heavy (non-hydrogen) atoms. The number of rotatable bonds is 5. The highest BCUT2D eigenvalue weighted by molar-refractivity contribution is 7.99. The van der Waals surface area contributed by atoms with E-state index in [1.165, 1.54) is 29.9 Å². The highest BCUT2D eigenvalue weighted by Crippen LogP contribution is 2.29. The van der Waals surface area contributed by atoms with Crippen LogP contribution in [0.5, 0.6) is 0 Å². The summed E-state index contributed by atoms with van der Waals surface area (Å²) in [5.74, 6) is 2.89. The van der Waals surface area contributed by atoms with Crippen LogP contribution in [0, 0.1) is 11.8 Å². The Kier molecular flexibility index (Phi) is 5.58. The average molecular weight is 263 g/mol. The van der Waals surface area contributed by atoms with Crippen molar-refractivity contribution in [2.24, 2.45) is 11.8 Å². The molecule has 1 aliphatic rings. The van der Waals surface area contributed by atoms with E-state index in [0.29, 0.717) is 0 Å². The van der Waals surface area contributed by atoms with Crippen molar-refractivity contribution in [3.8, 4) is 0 Å². The minimum absolute atomic E-state index is 0.741. The van der Waals surface area contributed by atoms with Crippen molar-refractivity contribution in [2.45, 2.75) is 44.0 Å². The lowest BCUT2D eigenvalue weighted by atomic mass is 9.78. The number of hydrogen-bond donors (Lipinski definition) is 1. The molecule has 3 unspecified atom stereocenters. The van der Waals surface area contributed by atoms with Crippen molar-refractivity contribution >= 4 is 11.8 Å². The van der Waals surface area contributed by atoms with Crippen LogP contribution in [0.4, 0.5) is 0 Å². The maximum atomic E-state index is 3.75. The van der Waals surface area contributed by atoms with E-state index in [1.54, 1.807) is 0 Å². The molecule has 1 N–H and O–H groups in total. The van der Waals surface area contributed by atoms with E-state index in [0.717, 1.165) is 24.4 Å². The van der Waals surface area contributed by atoms with Gasteiger partial charge in [0.05, 0.1) is 0 Å². The molecule has 1 aromatic rings. The molecule has 100 valence electrons. The summed E-state index contributed by atoms with van der Waals surface area (Å²) in [4.78, 5) is 1.38. The zero-order valence-corrected chi connectivity index (χ0v) is 12.4. The molecule has 1 aliphatic carbocycles. The van der Waals surface area contributed by atoms with Crippen molar-refractivity contribution < 1.29 is 0 Å². The first kappa shape index (κ1) is 14.0. The third-order valence-electron chi connectivity index (χ3n) is 4.23. The van der Waals surface area contributed by atoms with Crippen LogP contribution in [0.15, 0.2) is 35.2 Å². The minimum atomic E-state index is 0.741. The second-order valence-electron chi connectivity index (χ2n) is 5.49. The predicted molar refractivity (Wildman–Crippen MR) is 81.1 cm³/mol.